The average Bonchev–Trinajstić information content (AvgIpc) is 3.05. The molecule has 4 fully saturated rings. The molecule has 4 aliphatic rings. The number of carbonyl (C=O) groups is 2. The third-order valence-electron chi connectivity index (χ3n) is 10.5. The molecule has 0 aromatic rings. The maximum atomic E-state index is 13.3. The largest absolute Gasteiger partial charge is 0.469 e. The van der Waals surface area contributed by atoms with Gasteiger partial charge in [-0.1, -0.05) is 34.1 Å². The van der Waals surface area contributed by atoms with E-state index in [9.17, 15) is 9.59 Å². The average molecular weight is 403 g/mol. The molecular weight excluding hydrogens is 360 g/mol. The van der Waals surface area contributed by atoms with Crippen LogP contribution in [0, 0.1) is 52.3 Å². The Morgan fingerprint density at radius 1 is 1.10 bits per heavy atom. The van der Waals surface area contributed by atoms with E-state index in [0.717, 1.165) is 25.2 Å². The van der Waals surface area contributed by atoms with E-state index in [2.05, 4.69) is 27.7 Å². The molecule has 4 aliphatic carbocycles. The zero-order chi connectivity index (χ0) is 21.0. The van der Waals surface area contributed by atoms with Crippen molar-refractivity contribution in [3.05, 3.63) is 0 Å². The number of esters is 1. The third kappa shape index (κ3) is 3.39. The van der Waals surface area contributed by atoms with Crippen LogP contribution in [0.5, 0.6) is 0 Å². The van der Waals surface area contributed by atoms with Gasteiger partial charge in [-0.2, -0.15) is 0 Å². The van der Waals surface area contributed by atoms with E-state index >= 15 is 0 Å². The maximum Gasteiger partial charge on any atom is 0.305 e. The lowest BCUT2D eigenvalue weighted by Crippen LogP contribution is -2.56. The molecule has 164 valence electrons. The van der Waals surface area contributed by atoms with Gasteiger partial charge in [-0.05, 0) is 91.3 Å². The summed E-state index contributed by atoms with van der Waals surface area (Å²) in [5.74, 6) is 4.85. The summed E-state index contributed by atoms with van der Waals surface area (Å²) in [5, 5.41) is 0. The van der Waals surface area contributed by atoms with Crippen molar-refractivity contribution in [1.29, 1.82) is 0 Å². The van der Waals surface area contributed by atoms with Crippen molar-refractivity contribution < 1.29 is 14.3 Å². The topological polar surface area (TPSA) is 43.4 Å². The van der Waals surface area contributed by atoms with Gasteiger partial charge in [0.25, 0.3) is 0 Å². The van der Waals surface area contributed by atoms with Crippen LogP contribution in [0.15, 0.2) is 0 Å². The Hall–Kier alpha value is -0.860. The standard InChI is InChI=1S/C26H42O3/c1-16-10-12-26(4)21-11-13-25(3)19(17(2)6-9-24(28)29-5)7-8-20(25)18(21)15-23(27)22(26)14-16/h16-22H,6-15H2,1-5H3/t16-,17-,18+,19?,20+,21+,22+,25-,26-/m1/s1. The molecule has 9 atom stereocenters. The van der Waals surface area contributed by atoms with Crippen LogP contribution in [0.1, 0.15) is 91.9 Å². The molecule has 0 spiro atoms. The zero-order valence-electron chi connectivity index (χ0n) is 19.3. The molecule has 0 radical (unpaired) electrons. The Kier molecular flexibility index (Phi) is 5.66. The number of carbonyl (C=O) groups excluding carboxylic acids is 2. The molecule has 3 nitrogen and oxygen atoms in total. The van der Waals surface area contributed by atoms with Crippen LogP contribution in [-0.4, -0.2) is 18.9 Å². The second kappa shape index (κ2) is 7.68. The van der Waals surface area contributed by atoms with Crippen LogP contribution in [0.25, 0.3) is 0 Å². The number of ketones is 1. The van der Waals surface area contributed by atoms with Crippen molar-refractivity contribution in [2.24, 2.45) is 52.3 Å². The van der Waals surface area contributed by atoms with Crippen molar-refractivity contribution in [3.8, 4) is 0 Å². The van der Waals surface area contributed by atoms with Crippen molar-refractivity contribution in [2.45, 2.75) is 91.9 Å². The molecule has 4 rings (SSSR count). The van der Waals surface area contributed by atoms with E-state index in [0.29, 0.717) is 53.1 Å². The minimum Gasteiger partial charge on any atom is -0.469 e. The number of Topliss-reactive ketones (excluding diaryl/α,β-unsaturated/α-hetero) is 1. The summed E-state index contributed by atoms with van der Waals surface area (Å²) < 4.78 is 4.87. The summed E-state index contributed by atoms with van der Waals surface area (Å²) in [7, 11) is 1.49. The normalized spacial score (nSPS) is 47.7. The minimum atomic E-state index is -0.0800. The quantitative estimate of drug-likeness (QED) is 0.538. The molecule has 3 heteroatoms. The molecule has 1 unspecified atom stereocenters. The molecule has 0 saturated heterocycles. The maximum absolute atomic E-state index is 13.3. The summed E-state index contributed by atoms with van der Waals surface area (Å²) in [6.45, 7) is 9.70. The van der Waals surface area contributed by atoms with Crippen LogP contribution in [-0.2, 0) is 14.3 Å². The van der Waals surface area contributed by atoms with Gasteiger partial charge < -0.3 is 4.74 Å². The molecule has 0 bridgehead atoms. The van der Waals surface area contributed by atoms with Gasteiger partial charge in [0.2, 0.25) is 0 Å². The number of fused-ring (bicyclic) bond motifs is 5. The van der Waals surface area contributed by atoms with Crippen LogP contribution in [0.4, 0.5) is 0 Å². The Morgan fingerprint density at radius 2 is 1.79 bits per heavy atom. The fraction of sp³-hybridized carbons (Fsp3) is 0.923. The lowest BCUT2D eigenvalue weighted by molar-refractivity contribution is -0.156. The first-order valence-electron chi connectivity index (χ1n) is 12.3. The second-order valence-electron chi connectivity index (χ2n) is 11.8. The molecule has 4 saturated carbocycles. The smallest absolute Gasteiger partial charge is 0.305 e. The lowest BCUT2D eigenvalue weighted by atomic mass is 9.43. The second-order valence-corrected chi connectivity index (χ2v) is 11.8. The number of ether oxygens (including phenoxy) is 1. The fourth-order valence-electron chi connectivity index (χ4n) is 8.85. The molecule has 0 aromatic carbocycles. The summed E-state index contributed by atoms with van der Waals surface area (Å²) in [6, 6.07) is 0. The van der Waals surface area contributed by atoms with Gasteiger partial charge in [0.05, 0.1) is 7.11 Å². The molecule has 29 heavy (non-hydrogen) atoms. The Bertz CT molecular complexity index is 656. The van der Waals surface area contributed by atoms with E-state index < -0.39 is 0 Å². The summed E-state index contributed by atoms with van der Waals surface area (Å²) in [4.78, 5) is 25.0. The van der Waals surface area contributed by atoms with E-state index in [-0.39, 0.29) is 11.4 Å². The fourth-order valence-corrected chi connectivity index (χ4v) is 8.85. The highest BCUT2D eigenvalue weighted by molar-refractivity contribution is 5.83. The van der Waals surface area contributed by atoms with Gasteiger partial charge in [0.1, 0.15) is 5.78 Å². The molecule has 0 amide bonds. The minimum absolute atomic E-state index is 0.0800. The Morgan fingerprint density at radius 3 is 2.52 bits per heavy atom. The number of methoxy groups -OCH3 is 1. The first-order chi connectivity index (χ1) is 13.7. The van der Waals surface area contributed by atoms with E-state index in [1.165, 1.54) is 45.6 Å². The Balaban J connectivity index is 1.52. The summed E-state index contributed by atoms with van der Waals surface area (Å²) in [6.07, 6.45) is 11.2. The predicted octanol–water partition coefficient (Wildman–Crippen LogP) is 6.05. The van der Waals surface area contributed by atoms with Gasteiger partial charge in [-0.15, -0.1) is 0 Å². The van der Waals surface area contributed by atoms with Gasteiger partial charge in [-0.25, -0.2) is 0 Å². The highest BCUT2D eigenvalue weighted by Gasteiger charge is 2.62. The van der Waals surface area contributed by atoms with Gasteiger partial charge >= 0.3 is 5.97 Å². The molecule has 0 aromatic heterocycles. The van der Waals surface area contributed by atoms with Crippen molar-refractivity contribution in [2.75, 3.05) is 7.11 Å². The lowest BCUT2D eigenvalue weighted by Gasteiger charge is -2.60. The van der Waals surface area contributed by atoms with E-state index in [4.69, 9.17) is 4.74 Å². The third-order valence-corrected chi connectivity index (χ3v) is 10.5. The Labute approximate surface area is 177 Å². The number of hydrogen-bond acceptors (Lipinski definition) is 3. The molecule has 0 aliphatic heterocycles. The zero-order valence-corrected chi connectivity index (χ0v) is 19.3. The highest BCUT2D eigenvalue weighted by atomic mass is 16.5. The number of hydrogen-bond donors (Lipinski definition) is 0. The van der Waals surface area contributed by atoms with Crippen molar-refractivity contribution >= 4 is 11.8 Å². The summed E-state index contributed by atoms with van der Waals surface area (Å²) >= 11 is 0. The van der Waals surface area contributed by atoms with Crippen LogP contribution < -0.4 is 0 Å². The summed E-state index contributed by atoms with van der Waals surface area (Å²) in [5.41, 5.74) is 0.602. The van der Waals surface area contributed by atoms with E-state index in [1.807, 2.05) is 0 Å². The first kappa shape index (κ1) is 21.4. The van der Waals surface area contributed by atoms with Gasteiger partial charge in [-0.3, -0.25) is 9.59 Å². The number of rotatable bonds is 4. The molecule has 0 N–H and O–H groups in total. The van der Waals surface area contributed by atoms with Crippen molar-refractivity contribution in [3.63, 3.8) is 0 Å². The van der Waals surface area contributed by atoms with Crippen LogP contribution >= 0.6 is 0 Å². The van der Waals surface area contributed by atoms with Gasteiger partial charge in [0, 0.05) is 18.8 Å². The SMILES string of the molecule is COC(=O)CC[C@@H](C)C1CC[C@H]2[C@@H]3CC(=O)[C@@H]4C[C@H](C)CC[C@]4(C)[C@H]3CC[C@]12C. The van der Waals surface area contributed by atoms with Crippen LogP contribution in [0.3, 0.4) is 0 Å². The monoisotopic (exact) mass is 402 g/mol. The first-order valence-corrected chi connectivity index (χ1v) is 12.3. The predicted molar refractivity (Wildman–Crippen MR) is 115 cm³/mol. The van der Waals surface area contributed by atoms with Crippen LogP contribution in [0.2, 0.25) is 0 Å². The van der Waals surface area contributed by atoms with E-state index in [1.54, 1.807) is 0 Å². The van der Waals surface area contributed by atoms with Crippen molar-refractivity contribution in [1.82, 2.24) is 0 Å². The van der Waals surface area contributed by atoms with Gasteiger partial charge in [0.15, 0.2) is 0 Å². The molecular formula is C26H42O3. The highest BCUT2D eigenvalue weighted by Crippen LogP contribution is 2.68. The molecule has 0 heterocycles.